The van der Waals surface area contributed by atoms with Crippen molar-refractivity contribution in [2.75, 3.05) is 0 Å². The summed E-state index contributed by atoms with van der Waals surface area (Å²) in [5, 5.41) is 12.8. The van der Waals surface area contributed by atoms with Gasteiger partial charge in [0.05, 0.1) is 11.6 Å². The summed E-state index contributed by atoms with van der Waals surface area (Å²) in [6, 6.07) is 0. The van der Waals surface area contributed by atoms with E-state index in [1.54, 1.807) is 6.92 Å². The van der Waals surface area contributed by atoms with Crippen molar-refractivity contribution in [2.45, 2.75) is 77.0 Å². The average Bonchev–Trinajstić information content (AvgIpc) is 2.15. The Morgan fingerprint density at radius 3 is 2.24 bits per heavy atom. The Hall–Kier alpha value is -0.770. The van der Waals surface area contributed by atoms with Crippen LogP contribution in [0.4, 0.5) is 4.79 Å². The van der Waals surface area contributed by atoms with Crippen LogP contribution in [0.3, 0.4) is 0 Å². The van der Waals surface area contributed by atoms with Crippen molar-refractivity contribution in [2.24, 2.45) is 0 Å². The van der Waals surface area contributed by atoms with Gasteiger partial charge in [-0.3, -0.25) is 0 Å². The number of hydrogen-bond donors (Lipinski definition) is 2. The summed E-state index contributed by atoms with van der Waals surface area (Å²) in [5.41, 5.74) is -1.00. The number of nitrogens with one attached hydrogen (secondary N) is 1. The standard InChI is InChI=1S/C13H25NO3/c1-10(15)13(8-6-5-7-9-13)14-11(16)17-12(2,3)4/h10,15H,5-9H2,1-4H3,(H,14,16)/t10-/m1/s1. The Balaban J connectivity index is 2.64. The van der Waals surface area contributed by atoms with E-state index < -0.39 is 23.3 Å². The van der Waals surface area contributed by atoms with Gasteiger partial charge in [0.2, 0.25) is 0 Å². The fourth-order valence-corrected chi connectivity index (χ4v) is 2.34. The van der Waals surface area contributed by atoms with Crippen LogP contribution in [0.2, 0.25) is 0 Å². The molecule has 1 rings (SSSR count). The second-order valence-electron chi connectivity index (χ2n) is 6.02. The highest BCUT2D eigenvalue weighted by Crippen LogP contribution is 2.31. The molecule has 2 N–H and O–H groups in total. The van der Waals surface area contributed by atoms with Gasteiger partial charge in [-0.05, 0) is 40.5 Å². The molecule has 0 spiro atoms. The fourth-order valence-electron chi connectivity index (χ4n) is 2.34. The number of alkyl carbamates (subject to hydrolysis) is 1. The van der Waals surface area contributed by atoms with Crippen LogP contribution in [-0.2, 0) is 4.74 Å². The van der Waals surface area contributed by atoms with Gasteiger partial charge in [0.1, 0.15) is 5.60 Å². The molecule has 0 aromatic carbocycles. The number of amides is 1. The molecule has 1 saturated carbocycles. The SMILES string of the molecule is C[C@@H](O)C1(NC(=O)OC(C)(C)C)CCCCC1. The van der Waals surface area contributed by atoms with Crippen LogP contribution in [0.15, 0.2) is 0 Å². The van der Waals surface area contributed by atoms with Crippen molar-refractivity contribution in [1.29, 1.82) is 0 Å². The third-order valence-corrected chi connectivity index (χ3v) is 3.30. The molecule has 1 fully saturated rings. The van der Waals surface area contributed by atoms with Crippen LogP contribution < -0.4 is 5.32 Å². The molecule has 0 heterocycles. The first-order valence-electron chi connectivity index (χ1n) is 6.44. The highest BCUT2D eigenvalue weighted by Gasteiger charge is 2.39. The Bertz CT molecular complexity index is 262. The molecule has 17 heavy (non-hydrogen) atoms. The van der Waals surface area contributed by atoms with Crippen molar-refractivity contribution in [3.8, 4) is 0 Å². The summed E-state index contributed by atoms with van der Waals surface area (Å²) >= 11 is 0. The Morgan fingerprint density at radius 2 is 1.82 bits per heavy atom. The number of rotatable bonds is 2. The average molecular weight is 243 g/mol. The van der Waals surface area contributed by atoms with Crippen LogP contribution in [0.5, 0.6) is 0 Å². The lowest BCUT2D eigenvalue weighted by molar-refractivity contribution is 0.0142. The van der Waals surface area contributed by atoms with Gasteiger partial charge in [-0.15, -0.1) is 0 Å². The van der Waals surface area contributed by atoms with E-state index >= 15 is 0 Å². The van der Waals surface area contributed by atoms with Gasteiger partial charge in [-0.25, -0.2) is 4.79 Å². The van der Waals surface area contributed by atoms with Gasteiger partial charge in [0, 0.05) is 0 Å². The largest absolute Gasteiger partial charge is 0.444 e. The lowest BCUT2D eigenvalue weighted by Crippen LogP contribution is -2.57. The molecule has 0 radical (unpaired) electrons. The highest BCUT2D eigenvalue weighted by atomic mass is 16.6. The molecule has 1 atom stereocenters. The number of hydrogen-bond acceptors (Lipinski definition) is 3. The first-order chi connectivity index (χ1) is 7.75. The molecular formula is C13H25NO3. The van der Waals surface area contributed by atoms with Gasteiger partial charge >= 0.3 is 6.09 Å². The van der Waals surface area contributed by atoms with Gasteiger partial charge in [0.15, 0.2) is 0 Å². The maximum atomic E-state index is 11.8. The number of aliphatic hydroxyl groups excluding tert-OH is 1. The minimum Gasteiger partial charge on any atom is -0.444 e. The van der Waals surface area contributed by atoms with E-state index in [2.05, 4.69) is 5.32 Å². The molecule has 0 aliphatic heterocycles. The number of carbonyl (C=O) groups excluding carboxylic acids is 1. The smallest absolute Gasteiger partial charge is 0.408 e. The Labute approximate surface area is 104 Å². The van der Waals surface area contributed by atoms with Gasteiger partial charge in [-0.2, -0.15) is 0 Å². The summed E-state index contributed by atoms with van der Waals surface area (Å²) < 4.78 is 5.25. The monoisotopic (exact) mass is 243 g/mol. The molecule has 0 saturated heterocycles. The zero-order chi connectivity index (χ0) is 13.1. The van der Waals surface area contributed by atoms with Crippen molar-refractivity contribution in [3.63, 3.8) is 0 Å². The lowest BCUT2D eigenvalue weighted by Gasteiger charge is -2.40. The van der Waals surface area contributed by atoms with Crippen LogP contribution in [0.25, 0.3) is 0 Å². The van der Waals surface area contributed by atoms with E-state index in [4.69, 9.17) is 4.74 Å². The minimum atomic E-state index is -0.546. The fraction of sp³-hybridized carbons (Fsp3) is 0.923. The third kappa shape index (κ3) is 4.19. The molecule has 0 bridgehead atoms. The topological polar surface area (TPSA) is 58.6 Å². The summed E-state index contributed by atoms with van der Waals surface area (Å²) in [7, 11) is 0. The van der Waals surface area contributed by atoms with Crippen molar-refractivity contribution in [3.05, 3.63) is 0 Å². The normalized spacial score (nSPS) is 21.7. The molecule has 1 aliphatic carbocycles. The number of carbonyl (C=O) groups is 1. The van der Waals surface area contributed by atoms with Crippen LogP contribution >= 0.6 is 0 Å². The predicted molar refractivity (Wildman–Crippen MR) is 66.9 cm³/mol. The maximum Gasteiger partial charge on any atom is 0.408 e. The van der Waals surface area contributed by atoms with Crippen LogP contribution in [0.1, 0.15) is 59.8 Å². The predicted octanol–water partition coefficient (Wildman–Crippen LogP) is 2.59. The van der Waals surface area contributed by atoms with Gasteiger partial charge in [-0.1, -0.05) is 19.3 Å². The maximum absolute atomic E-state index is 11.8. The molecule has 0 aromatic heterocycles. The Morgan fingerprint density at radius 1 is 1.29 bits per heavy atom. The van der Waals surface area contributed by atoms with Crippen molar-refractivity contribution >= 4 is 6.09 Å². The van der Waals surface area contributed by atoms with Crippen molar-refractivity contribution < 1.29 is 14.6 Å². The number of aliphatic hydroxyl groups is 1. The zero-order valence-electron chi connectivity index (χ0n) is 11.4. The molecular weight excluding hydrogens is 218 g/mol. The van der Waals surface area contributed by atoms with E-state index in [-0.39, 0.29) is 0 Å². The zero-order valence-corrected chi connectivity index (χ0v) is 11.4. The van der Waals surface area contributed by atoms with E-state index in [1.807, 2.05) is 20.8 Å². The van der Waals surface area contributed by atoms with E-state index in [0.717, 1.165) is 25.7 Å². The molecule has 0 aromatic rings. The summed E-state index contributed by atoms with van der Waals surface area (Å²) in [6.45, 7) is 7.25. The van der Waals surface area contributed by atoms with E-state index in [1.165, 1.54) is 6.42 Å². The molecule has 1 aliphatic rings. The van der Waals surface area contributed by atoms with Gasteiger partial charge in [0.25, 0.3) is 0 Å². The third-order valence-electron chi connectivity index (χ3n) is 3.30. The van der Waals surface area contributed by atoms with Gasteiger partial charge < -0.3 is 15.2 Å². The second kappa shape index (κ2) is 5.25. The summed E-state index contributed by atoms with van der Waals surface area (Å²) in [5.74, 6) is 0. The first-order valence-corrected chi connectivity index (χ1v) is 6.44. The molecule has 4 heteroatoms. The van der Waals surface area contributed by atoms with Crippen molar-refractivity contribution in [1.82, 2.24) is 5.32 Å². The number of ether oxygens (including phenoxy) is 1. The van der Waals surface area contributed by atoms with Crippen LogP contribution in [-0.4, -0.2) is 28.4 Å². The molecule has 4 nitrogen and oxygen atoms in total. The first kappa shape index (κ1) is 14.3. The molecule has 0 unspecified atom stereocenters. The minimum absolute atomic E-state index is 0.430. The Kier molecular flexibility index (Phi) is 4.42. The van der Waals surface area contributed by atoms with E-state index in [9.17, 15) is 9.90 Å². The molecule has 100 valence electrons. The summed E-state index contributed by atoms with van der Waals surface area (Å²) in [4.78, 5) is 11.8. The van der Waals surface area contributed by atoms with E-state index in [0.29, 0.717) is 0 Å². The quantitative estimate of drug-likeness (QED) is 0.783. The summed E-state index contributed by atoms with van der Waals surface area (Å²) in [6.07, 6.45) is 3.93. The van der Waals surface area contributed by atoms with Crippen LogP contribution in [0, 0.1) is 0 Å². The lowest BCUT2D eigenvalue weighted by atomic mass is 9.78. The second-order valence-corrected chi connectivity index (χ2v) is 6.02. The molecule has 1 amide bonds. The highest BCUT2D eigenvalue weighted by molar-refractivity contribution is 5.69.